The van der Waals surface area contributed by atoms with Crippen molar-refractivity contribution in [3.05, 3.63) is 63.5 Å². The van der Waals surface area contributed by atoms with Crippen molar-refractivity contribution in [2.24, 2.45) is 0 Å². The highest BCUT2D eigenvalue weighted by Gasteiger charge is 2.25. The van der Waals surface area contributed by atoms with E-state index in [2.05, 4.69) is 20.3 Å². The Bertz CT molecular complexity index is 1410. The maximum absolute atomic E-state index is 12.9. The van der Waals surface area contributed by atoms with Crippen LogP contribution in [0.3, 0.4) is 0 Å². The molecule has 1 aliphatic heterocycles. The molecule has 0 saturated carbocycles. The summed E-state index contributed by atoms with van der Waals surface area (Å²) in [5, 5.41) is 20.8. The van der Waals surface area contributed by atoms with Gasteiger partial charge in [0.1, 0.15) is 11.4 Å². The number of piperazine rings is 1. The molecule has 35 heavy (non-hydrogen) atoms. The number of nitro benzene ring substituents is 1. The summed E-state index contributed by atoms with van der Waals surface area (Å²) in [6, 6.07) is 12.1. The summed E-state index contributed by atoms with van der Waals surface area (Å²) in [4.78, 5) is 33.4. The van der Waals surface area contributed by atoms with Gasteiger partial charge in [-0.25, -0.2) is 4.52 Å². The Morgan fingerprint density at radius 3 is 2.69 bits per heavy atom. The standard InChI is InChI=1S/C23H23N7O4S/c1-27-9-11-28(12-10-27)17-8-7-15(13-18(17)30(32)33)21(31)24-22-25-23-29(26-22)19(14-35-23)16-5-3-4-6-20(16)34-2/h3-8,13-14H,9-12H2,1-2H3,(H,24,26,31). The molecule has 11 nitrogen and oxygen atoms in total. The van der Waals surface area contributed by atoms with Gasteiger partial charge in [-0.3, -0.25) is 20.2 Å². The van der Waals surface area contributed by atoms with Gasteiger partial charge in [0.05, 0.1) is 17.7 Å². The first-order valence-electron chi connectivity index (χ1n) is 11.0. The van der Waals surface area contributed by atoms with Crippen LogP contribution in [0, 0.1) is 10.1 Å². The van der Waals surface area contributed by atoms with Crippen LogP contribution in [0.2, 0.25) is 0 Å². The van der Waals surface area contributed by atoms with E-state index in [4.69, 9.17) is 4.74 Å². The second-order valence-corrected chi connectivity index (χ2v) is 8.99. The van der Waals surface area contributed by atoms with Crippen molar-refractivity contribution < 1.29 is 14.5 Å². The van der Waals surface area contributed by atoms with E-state index < -0.39 is 10.8 Å². The number of carbonyl (C=O) groups excluding carboxylic acids is 1. The number of anilines is 2. The molecule has 1 saturated heterocycles. The number of likely N-dealkylation sites (N-methyl/N-ethyl adjacent to an activating group) is 1. The number of carbonyl (C=O) groups is 1. The molecule has 12 heteroatoms. The van der Waals surface area contributed by atoms with Crippen LogP contribution in [0.15, 0.2) is 47.8 Å². The minimum atomic E-state index is -0.518. The minimum absolute atomic E-state index is 0.0977. The van der Waals surface area contributed by atoms with Crippen molar-refractivity contribution in [1.29, 1.82) is 0 Å². The van der Waals surface area contributed by atoms with Crippen molar-refractivity contribution in [3.63, 3.8) is 0 Å². The molecule has 0 aliphatic carbocycles. The van der Waals surface area contributed by atoms with Crippen LogP contribution in [-0.2, 0) is 0 Å². The molecular weight excluding hydrogens is 470 g/mol. The van der Waals surface area contributed by atoms with Crippen LogP contribution in [0.25, 0.3) is 16.2 Å². The quantitative estimate of drug-likeness (QED) is 0.321. The zero-order valence-electron chi connectivity index (χ0n) is 19.2. The number of hydrogen-bond acceptors (Lipinski definition) is 9. The van der Waals surface area contributed by atoms with Gasteiger partial charge in [0, 0.05) is 48.8 Å². The highest BCUT2D eigenvalue weighted by Crippen LogP contribution is 2.33. The van der Waals surface area contributed by atoms with E-state index in [1.807, 2.05) is 41.6 Å². The Labute approximate surface area is 204 Å². The molecule has 1 aliphatic rings. The number of fused-ring (bicyclic) bond motifs is 1. The number of rotatable bonds is 6. The number of methoxy groups -OCH3 is 1. The van der Waals surface area contributed by atoms with Crippen LogP contribution in [0.4, 0.5) is 17.3 Å². The molecule has 4 aromatic rings. The first-order chi connectivity index (χ1) is 16.9. The third kappa shape index (κ3) is 4.40. The predicted octanol–water partition coefficient (Wildman–Crippen LogP) is 3.38. The van der Waals surface area contributed by atoms with E-state index in [0.717, 1.165) is 24.3 Å². The van der Waals surface area contributed by atoms with Crippen LogP contribution in [0.5, 0.6) is 5.75 Å². The van der Waals surface area contributed by atoms with Gasteiger partial charge in [-0.15, -0.1) is 16.4 Å². The van der Waals surface area contributed by atoms with Gasteiger partial charge < -0.3 is 14.5 Å². The number of benzene rings is 2. The number of amides is 1. The van der Waals surface area contributed by atoms with E-state index in [-0.39, 0.29) is 17.2 Å². The summed E-state index contributed by atoms with van der Waals surface area (Å²) < 4.78 is 7.08. The Balaban J connectivity index is 1.40. The third-order valence-electron chi connectivity index (χ3n) is 5.97. The Hall–Kier alpha value is -4.03. The van der Waals surface area contributed by atoms with Crippen LogP contribution >= 0.6 is 11.3 Å². The lowest BCUT2D eigenvalue weighted by molar-refractivity contribution is -0.384. The normalized spacial score (nSPS) is 14.3. The van der Waals surface area contributed by atoms with E-state index in [0.29, 0.717) is 29.5 Å². The average Bonchev–Trinajstić information content (AvgIpc) is 3.44. The van der Waals surface area contributed by atoms with Crippen molar-refractivity contribution >= 4 is 39.5 Å². The largest absolute Gasteiger partial charge is 0.496 e. The summed E-state index contributed by atoms with van der Waals surface area (Å²) in [5.74, 6) is 0.292. The second kappa shape index (κ2) is 9.31. The number of nitro groups is 1. The summed E-state index contributed by atoms with van der Waals surface area (Å²) in [7, 11) is 3.62. The summed E-state index contributed by atoms with van der Waals surface area (Å²) in [6.07, 6.45) is 0. The predicted molar refractivity (Wildman–Crippen MR) is 134 cm³/mol. The van der Waals surface area contributed by atoms with Crippen LogP contribution in [0.1, 0.15) is 10.4 Å². The molecule has 0 spiro atoms. The molecule has 0 unspecified atom stereocenters. The fraction of sp³-hybridized carbons (Fsp3) is 0.261. The Morgan fingerprint density at radius 2 is 1.94 bits per heavy atom. The number of nitrogens with zero attached hydrogens (tertiary/aromatic N) is 6. The Kier molecular flexibility index (Phi) is 6.05. The number of nitrogens with one attached hydrogen (secondary N) is 1. The van der Waals surface area contributed by atoms with Gasteiger partial charge >= 0.3 is 0 Å². The van der Waals surface area contributed by atoms with Gasteiger partial charge in [0.2, 0.25) is 4.96 Å². The second-order valence-electron chi connectivity index (χ2n) is 8.16. The molecule has 1 N–H and O–H groups in total. The van der Waals surface area contributed by atoms with Gasteiger partial charge in [0.15, 0.2) is 0 Å². The van der Waals surface area contributed by atoms with E-state index >= 15 is 0 Å². The zero-order valence-corrected chi connectivity index (χ0v) is 20.0. The number of aromatic nitrogens is 3. The van der Waals surface area contributed by atoms with Gasteiger partial charge in [-0.1, -0.05) is 12.1 Å². The summed E-state index contributed by atoms with van der Waals surface area (Å²) >= 11 is 1.38. The van der Waals surface area contributed by atoms with Gasteiger partial charge in [0.25, 0.3) is 17.5 Å². The molecule has 1 fully saturated rings. The first kappa shape index (κ1) is 22.7. The fourth-order valence-corrected chi connectivity index (χ4v) is 4.90. The number of para-hydroxylation sites is 1. The van der Waals surface area contributed by atoms with Crippen molar-refractivity contribution in [3.8, 4) is 17.0 Å². The first-order valence-corrected chi connectivity index (χ1v) is 11.8. The molecule has 2 aromatic heterocycles. The molecule has 2 aromatic carbocycles. The highest BCUT2D eigenvalue weighted by atomic mass is 32.1. The smallest absolute Gasteiger partial charge is 0.293 e. The molecule has 5 rings (SSSR count). The monoisotopic (exact) mass is 493 g/mol. The molecule has 0 bridgehead atoms. The fourth-order valence-electron chi connectivity index (χ4n) is 4.08. The minimum Gasteiger partial charge on any atom is -0.496 e. The summed E-state index contributed by atoms with van der Waals surface area (Å²) in [5.41, 5.74) is 2.21. The maximum Gasteiger partial charge on any atom is 0.293 e. The van der Waals surface area contributed by atoms with E-state index in [9.17, 15) is 14.9 Å². The van der Waals surface area contributed by atoms with Crippen LogP contribution in [-0.4, -0.2) is 70.7 Å². The Morgan fingerprint density at radius 1 is 1.17 bits per heavy atom. The van der Waals surface area contributed by atoms with Crippen molar-refractivity contribution in [2.75, 3.05) is 50.6 Å². The van der Waals surface area contributed by atoms with Crippen molar-refractivity contribution in [2.45, 2.75) is 0 Å². The molecule has 0 radical (unpaired) electrons. The van der Waals surface area contributed by atoms with Gasteiger partial charge in [-0.05, 0) is 31.3 Å². The van der Waals surface area contributed by atoms with Crippen molar-refractivity contribution in [1.82, 2.24) is 19.5 Å². The van der Waals surface area contributed by atoms with Crippen LogP contribution < -0.4 is 15.0 Å². The molecule has 1 amide bonds. The maximum atomic E-state index is 12.9. The highest BCUT2D eigenvalue weighted by molar-refractivity contribution is 7.15. The molecule has 180 valence electrons. The van der Waals surface area contributed by atoms with E-state index in [1.165, 1.54) is 17.4 Å². The zero-order chi connectivity index (χ0) is 24.5. The number of ether oxygens (including phenoxy) is 1. The number of hydrogen-bond donors (Lipinski definition) is 1. The average molecular weight is 494 g/mol. The SMILES string of the molecule is COc1ccccc1-c1csc2nc(NC(=O)c3ccc(N4CCN(C)CC4)c([N+](=O)[O-])c3)nn12. The lowest BCUT2D eigenvalue weighted by atomic mass is 10.1. The topological polar surface area (TPSA) is 118 Å². The van der Waals surface area contributed by atoms with Gasteiger partial charge in [-0.2, -0.15) is 4.98 Å². The lowest BCUT2D eigenvalue weighted by Crippen LogP contribution is -2.44. The lowest BCUT2D eigenvalue weighted by Gasteiger charge is -2.33. The third-order valence-corrected chi connectivity index (χ3v) is 6.78. The summed E-state index contributed by atoms with van der Waals surface area (Å²) in [6.45, 7) is 3.01. The van der Waals surface area contributed by atoms with E-state index in [1.54, 1.807) is 23.8 Å². The molecule has 0 atom stereocenters. The molecular formula is C23H23N7O4S. The molecule has 3 heterocycles. The number of thiazole rings is 1.